The van der Waals surface area contributed by atoms with Crippen molar-refractivity contribution < 1.29 is 4.74 Å². The van der Waals surface area contributed by atoms with E-state index in [9.17, 15) is 0 Å². The number of methoxy groups -OCH3 is 1. The molecule has 2 rings (SSSR count). The van der Waals surface area contributed by atoms with Crippen LogP contribution in [0.25, 0.3) is 0 Å². The second kappa shape index (κ2) is 7.33. The summed E-state index contributed by atoms with van der Waals surface area (Å²) in [5, 5.41) is 0. The molecule has 4 heteroatoms. The predicted octanol–water partition coefficient (Wildman–Crippen LogP) is 3.36. The van der Waals surface area contributed by atoms with Crippen molar-refractivity contribution in [3.05, 3.63) is 59.7 Å². The molecule has 0 fully saturated rings. The van der Waals surface area contributed by atoms with E-state index in [1.165, 1.54) is 4.90 Å². The van der Waals surface area contributed by atoms with Crippen LogP contribution in [0.2, 0.25) is 0 Å². The van der Waals surface area contributed by atoms with Gasteiger partial charge in [-0.1, -0.05) is 37.3 Å². The molecule has 0 spiro atoms. The second-order valence-electron chi connectivity index (χ2n) is 4.34. The van der Waals surface area contributed by atoms with Gasteiger partial charge in [0.15, 0.2) is 0 Å². The van der Waals surface area contributed by atoms with Gasteiger partial charge in [0.2, 0.25) is 0 Å². The van der Waals surface area contributed by atoms with E-state index in [1.54, 1.807) is 7.11 Å². The van der Waals surface area contributed by atoms with Crippen LogP contribution < -0.4 is 16.0 Å². The molecule has 0 heterocycles. The maximum absolute atomic E-state index is 5.75. The van der Waals surface area contributed by atoms with Crippen molar-refractivity contribution in [1.29, 1.82) is 0 Å². The molecule has 0 aliphatic rings. The van der Waals surface area contributed by atoms with Crippen molar-refractivity contribution >= 4 is 11.8 Å². The van der Waals surface area contributed by atoms with Gasteiger partial charge in [-0.25, -0.2) is 5.43 Å². The number of para-hydroxylation sites is 1. The Labute approximate surface area is 124 Å². The van der Waals surface area contributed by atoms with Crippen LogP contribution in [0.15, 0.2) is 53.4 Å². The van der Waals surface area contributed by atoms with E-state index < -0.39 is 0 Å². The van der Waals surface area contributed by atoms with Crippen LogP contribution in [0.3, 0.4) is 0 Å². The maximum Gasteiger partial charge on any atom is 0.124 e. The average molecular weight is 288 g/mol. The molecular formula is C16H20N2OS. The number of rotatable bonds is 6. The van der Waals surface area contributed by atoms with Crippen molar-refractivity contribution in [2.45, 2.75) is 17.9 Å². The van der Waals surface area contributed by atoms with Crippen LogP contribution in [0.1, 0.15) is 24.1 Å². The first-order chi connectivity index (χ1) is 9.80. The largest absolute Gasteiger partial charge is 0.496 e. The van der Waals surface area contributed by atoms with Crippen LogP contribution in [0, 0.1) is 0 Å². The van der Waals surface area contributed by atoms with Gasteiger partial charge in [-0.3, -0.25) is 5.84 Å². The number of thioether (sulfide) groups is 1. The van der Waals surface area contributed by atoms with E-state index in [0.29, 0.717) is 0 Å². The van der Waals surface area contributed by atoms with Gasteiger partial charge in [-0.15, -0.1) is 11.8 Å². The van der Waals surface area contributed by atoms with Gasteiger partial charge in [0, 0.05) is 10.5 Å². The van der Waals surface area contributed by atoms with Gasteiger partial charge in [0.05, 0.1) is 13.2 Å². The lowest BCUT2D eigenvalue weighted by atomic mass is 9.98. The zero-order valence-electron chi connectivity index (χ0n) is 11.8. The maximum atomic E-state index is 5.75. The van der Waals surface area contributed by atoms with Crippen LogP contribution in [-0.4, -0.2) is 12.9 Å². The van der Waals surface area contributed by atoms with Gasteiger partial charge in [-0.05, 0) is 29.5 Å². The van der Waals surface area contributed by atoms with Crippen LogP contribution >= 0.6 is 11.8 Å². The van der Waals surface area contributed by atoms with E-state index in [-0.39, 0.29) is 6.04 Å². The minimum atomic E-state index is -0.0770. The third-order valence-electron chi connectivity index (χ3n) is 3.14. The molecular weight excluding hydrogens is 268 g/mol. The molecule has 0 bridgehead atoms. The Hall–Kier alpha value is -1.49. The van der Waals surface area contributed by atoms with E-state index >= 15 is 0 Å². The molecule has 0 aliphatic carbocycles. The SMILES string of the molecule is CCSc1ccc(C(NN)c2ccccc2OC)cc1. The van der Waals surface area contributed by atoms with Gasteiger partial charge in [0.1, 0.15) is 5.75 Å². The molecule has 0 saturated carbocycles. The Morgan fingerprint density at radius 2 is 1.85 bits per heavy atom. The van der Waals surface area contributed by atoms with Crippen molar-refractivity contribution in [1.82, 2.24) is 5.43 Å². The van der Waals surface area contributed by atoms with Crippen molar-refractivity contribution in [3.8, 4) is 5.75 Å². The number of nitrogens with one attached hydrogen (secondary N) is 1. The molecule has 0 saturated heterocycles. The highest BCUT2D eigenvalue weighted by molar-refractivity contribution is 7.99. The summed E-state index contributed by atoms with van der Waals surface area (Å²) >= 11 is 1.83. The molecule has 2 aromatic carbocycles. The molecule has 1 atom stereocenters. The Morgan fingerprint density at radius 1 is 1.15 bits per heavy atom. The van der Waals surface area contributed by atoms with E-state index in [4.69, 9.17) is 10.6 Å². The highest BCUT2D eigenvalue weighted by atomic mass is 32.2. The number of hydrogen-bond acceptors (Lipinski definition) is 4. The Kier molecular flexibility index (Phi) is 5.47. The van der Waals surface area contributed by atoms with E-state index in [1.807, 2.05) is 36.0 Å². The number of nitrogens with two attached hydrogens (primary N) is 1. The summed E-state index contributed by atoms with van der Waals surface area (Å²) in [5.41, 5.74) is 5.03. The standard InChI is InChI=1S/C16H20N2OS/c1-3-20-13-10-8-12(9-11-13)16(18-17)14-6-4-5-7-15(14)19-2/h4-11,16,18H,3,17H2,1-2H3. The molecule has 106 valence electrons. The zero-order valence-corrected chi connectivity index (χ0v) is 12.6. The van der Waals surface area contributed by atoms with Crippen LogP contribution in [0.5, 0.6) is 5.75 Å². The Morgan fingerprint density at radius 3 is 2.45 bits per heavy atom. The third-order valence-corrected chi connectivity index (χ3v) is 4.04. The van der Waals surface area contributed by atoms with Crippen molar-refractivity contribution in [2.75, 3.05) is 12.9 Å². The molecule has 3 N–H and O–H groups in total. The number of hydrogen-bond donors (Lipinski definition) is 2. The van der Waals surface area contributed by atoms with Crippen LogP contribution in [-0.2, 0) is 0 Å². The lowest BCUT2D eigenvalue weighted by Crippen LogP contribution is -2.29. The fourth-order valence-electron chi connectivity index (χ4n) is 2.19. The van der Waals surface area contributed by atoms with E-state index in [0.717, 1.165) is 22.6 Å². The second-order valence-corrected chi connectivity index (χ2v) is 5.68. The minimum Gasteiger partial charge on any atom is -0.496 e. The van der Waals surface area contributed by atoms with Gasteiger partial charge < -0.3 is 4.74 Å². The monoisotopic (exact) mass is 288 g/mol. The lowest BCUT2D eigenvalue weighted by molar-refractivity contribution is 0.404. The summed E-state index contributed by atoms with van der Waals surface area (Å²) in [6, 6.07) is 16.3. The molecule has 0 amide bonds. The van der Waals surface area contributed by atoms with Crippen LogP contribution in [0.4, 0.5) is 0 Å². The lowest BCUT2D eigenvalue weighted by Gasteiger charge is -2.19. The molecule has 20 heavy (non-hydrogen) atoms. The molecule has 0 radical (unpaired) electrons. The topological polar surface area (TPSA) is 47.3 Å². The van der Waals surface area contributed by atoms with Crippen molar-refractivity contribution in [3.63, 3.8) is 0 Å². The van der Waals surface area contributed by atoms with Gasteiger partial charge in [-0.2, -0.15) is 0 Å². The number of ether oxygens (including phenoxy) is 1. The molecule has 2 aromatic rings. The van der Waals surface area contributed by atoms with Gasteiger partial charge >= 0.3 is 0 Å². The normalized spacial score (nSPS) is 12.2. The summed E-state index contributed by atoms with van der Waals surface area (Å²) in [5.74, 6) is 7.66. The molecule has 0 aromatic heterocycles. The third kappa shape index (κ3) is 3.33. The van der Waals surface area contributed by atoms with Crippen molar-refractivity contribution in [2.24, 2.45) is 5.84 Å². The predicted molar refractivity (Wildman–Crippen MR) is 85.0 cm³/mol. The average Bonchev–Trinajstić information content (AvgIpc) is 2.50. The van der Waals surface area contributed by atoms with E-state index in [2.05, 4.69) is 36.6 Å². The summed E-state index contributed by atoms with van der Waals surface area (Å²) in [4.78, 5) is 1.27. The summed E-state index contributed by atoms with van der Waals surface area (Å²) in [6.07, 6.45) is 0. The fourth-order valence-corrected chi connectivity index (χ4v) is 2.86. The first-order valence-corrected chi connectivity index (χ1v) is 7.60. The first-order valence-electron chi connectivity index (χ1n) is 6.62. The highest BCUT2D eigenvalue weighted by Crippen LogP contribution is 2.30. The number of hydrazine groups is 1. The molecule has 1 unspecified atom stereocenters. The molecule has 0 aliphatic heterocycles. The Bertz CT molecular complexity index is 542. The number of benzene rings is 2. The quantitative estimate of drug-likeness (QED) is 0.486. The molecule has 3 nitrogen and oxygen atoms in total. The van der Waals surface area contributed by atoms with Gasteiger partial charge in [0.25, 0.3) is 0 Å². The highest BCUT2D eigenvalue weighted by Gasteiger charge is 2.16. The summed E-state index contributed by atoms with van der Waals surface area (Å²) in [6.45, 7) is 2.15. The summed E-state index contributed by atoms with van der Waals surface area (Å²) < 4.78 is 5.41. The first kappa shape index (κ1) is 14.9. The zero-order chi connectivity index (χ0) is 14.4. The fraction of sp³-hybridized carbons (Fsp3) is 0.250. The summed E-state index contributed by atoms with van der Waals surface area (Å²) in [7, 11) is 1.67. The minimum absolute atomic E-state index is 0.0770. The Balaban J connectivity index is 2.31. The smallest absolute Gasteiger partial charge is 0.124 e.